The summed E-state index contributed by atoms with van der Waals surface area (Å²) >= 11 is 0. The van der Waals surface area contributed by atoms with Gasteiger partial charge in [-0.1, -0.05) is 0 Å². The minimum Gasteiger partial charge on any atom is -0.221 e. The molecule has 0 fully saturated rings. The van der Waals surface area contributed by atoms with Gasteiger partial charge < -0.3 is 0 Å². The predicted molar refractivity (Wildman–Crippen MR) is 50.8 cm³/mol. The molecular weight excluding hydrogens is 195 g/mol. The highest BCUT2D eigenvalue weighted by atomic mass is 19.1. The molecule has 1 heterocycles. The van der Waals surface area contributed by atoms with E-state index in [0.717, 1.165) is 0 Å². The van der Waals surface area contributed by atoms with E-state index in [-0.39, 0.29) is 5.56 Å². The first-order chi connectivity index (χ1) is 7.20. The zero-order chi connectivity index (χ0) is 10.8. The maximum atomic E-state index is 13.3. The van der Waals surface area contributed by atoms with Crippen molar-refractivity contribution in [2.24, 2.45) is 0 Å². The molecule has 0 saturated carbocycles. The van der Waals surface area contributed by atoms with Crippen LogP contribution in [0.1, 0.15) is 11.4 Å². The van der Waals surface area contributed by atoms with Crippen molar-refractivity contribution < 1.29 is 4.39 Å². The summed E-state index contributed by atoms with van der Waals surface area (Å²) in [6, 6.07) is 6.05. The molecule has 0 unspecified atom stereocenters. The third-order valence-electron chi connectivity index (χ3n) is 1.94. The molecule has 0 spiro atoms. The van der Waals surface area contributed by atoms with Crippen LogP contribution >= 0.6 is 0 Å². The Kier molecular flexibility index (Phi) is 2.18. The van der Waals surface area contributed by atoms with Crippen molar-refractivity contribution in [2.75, 3.05) is 0 Å². The van der Waals surface area contributed by atoms with Gasteiger partial charge in [0.15, 0.2) is 0 Å². The SMILES string of the molecule is Cc1ncn(-c2ccc(C#N)c(F)c2)n1. The average molecular weight is 202 g/mol. The number of rotatable bonds is 1. The van der Waals surface area contributed by atoms with E-state index in [1.165, 1.54) is 23.1 Å². The highest BCUT2D eigenvalue weighted by Crippen LogP contribution is 2.12. The van der Waals surface area contributed by atoms with E-state index in [4.69, 9.17) is 5.26 Å². The topological polar surface area (TPSA) is 54.5 Å². The molecule has 0 amide bonds. The van der Waals surface area contributed by atoms with Gasteiger partial charge in [-0.2, -0.15) is 10.4 Å². The standard InChI is InChI=1S/C10H7FN4/c1-7-13-6-15(14-7)9-3-2-8(5-12)10(11)4-9/h2-4,6H,1H3. The van der Waals surface area contributed by atoms with E-state index in [2.05, 4.69) is 10.1 Å². The van der Waals surface area contributed by atoms with Gasteiger partial charge >= 0.3 is 0 Å². The fourth-order valence-corrected chi connectivity index (χ4v) is 1.21. The Bertz CT molecular complexity index is 539. The first kappa shape index (κ1) is 9.34. The Morgan fingerprint density at radius 2 is 2.27 bits per heavy atom. The number of halogens is 1. The second-order valence-electron chi connectivity index (χ2n) is 3.01. The molecule has 0 bridgehead atoms. The lowest BCUT2D eigenvalue weighted by molar-refractivity contribution is 0.621. The normalized spacial score (nSPS) is 9.93. The molecule has 1 aromatic carbocycles. The van der Waals surface area contributed by atoms with Crippen molar-refractivity contribution in [3.63, 3.8) is 0 Å². The fourth-order valence-electron chi connectivity index (χ4n) is 1.21. The number of aromatic nitrogens is 3. The van der Waals surface area contributed by atoms with Crippen molar-refractivity contribution in [1.82, 2.24) is 14.8 Å². The molecule has 0 radical (unpaired) electrons. The van der Waals surface area contributed by atoms with E-state index in [0.29, 0.717) is 11.5 Å². The molecule has 0 saturated heterocycles. The van der Waals surface area contributed by atoms with Gasteiger partial charge in [-0.15, -0.1) is 0 Å². The van der Waals surface area contributed by atoms with E-state index < -0.39 is 5.82 Å². The molecule has 15 heavy (non-hydrogen) atoms. The average Bonchev–Trinajstić information content (AvgIpc) is 2.65. The van der Waals surface area contributed by atoms with Crippen LogP contribution < -0.4 is 0 Å². The maximum Gasteiger partial charge on any atom is 0.147 e. The highest BCUT2D eigenvalue weighted by Gasteiger charge is 2.04. The summed E-state index contributed by atoms with van der Waals surface area (Å²) in [5.74, 6) is 0.0583. The number of benzene rings is 1. The van der Waals surface area contributed by atoms with Crippen LogP contribution in [0.2, 0.25) is 0 Å². The Morgan fingerprint density at radius 3 is 2.80 bits per heavy atom. The third kappa shape index (κ3) is 1.70. The van der Waals surface area contributed by atoms with E-state index in [9.17, 15) is 4.39 Å². The minimum atomic E-state index is -0.553. The Hall–Kier alpha value is -2.22. The van der Waals surface area contributed by atoms with Crippen molar-refractivity contribution in [3.05, 3.63) is 41.7 Å². The number of aryl methyl sites for hydroxylation is 1. The van der Waals surface area contributed by atoms with Gasteiger partial charge in [-0.25, -0.2) is 14.1 Å². The van der Waals surface area contributed by atoms with Crippen LogP contribution in [-0.2, 0) is 0 Å². The van der Waals surface area contributed by atoms with E-state index in [1.807, 2.05) is 0 Å². The Balaban J connectivity index is 2.48. The Labute approximate surface area is 85.6 Å². The zero-order valence-electron chi connectivity index (χ0n) is 7.98. The molecule has 2 rings (SSSR count). The van der Waals surface area contributed by atoms with Crippen molar-refractivity contribution in [1.29, 1.82) is 5.26 Å². The molecule has 0 N–H and O–H groups in total. The summed E-state index contributed by atoms with van der Waals surface area (Å²) < 4.78 is 14.7. The second-order valence-corrected chi connectivity index (χ2v) is 3.01. The van der Waals surface area contributed by atoms with Gasteiger partial charge in [0, 0.05) is 6.07 Å². The third-order valence-corrected chi connectivity index (χ3v) is 1.94. The predicted octanol–water partition coefficient (Wildman–Crippen LogP) is 1.59. The van der Waals surface area contributed by atoms with Crippen molar-refractivity contribution in [2.45, 2.75) is 6.92 Å². The van der Waals surface area contributed by atoms with Gasteiger partial charge in [0.05, 0.1) is 11.3 Å². The molecule has 4 nitrogen and oxygen atoms in total. The summed E-state index contributed by atoms with van der Waals surface area (Å²) in [5.41, 5.74) is 0.572. The van der Waals surface area contributed by atoms with Crippen LogP contribution in [0.4, 0.5) is 4.39 Å². The lowest BCUT2D eigenvalue weighted by Gasteiger charge is -2.00. The fraction of sp³-hybridized carbons (Fsp3) is 0.100. The maximum absolute atomic E-state index is 13.3. The van der Waals surface area contributed by atoms with E-state index in [1.54, 1.807) is 19.1 Å². The molecule has 0 atom stereocenters. The number of nitrogens with zero attached hydrogens (tertiary/aromatic N) is 4. The molecule has 0 aliphatic carbocycles. The van der Waals surface area contributed by atoms with Crippen LogP contribution in [0.15, 0.2) is 24.5 Å². The van der Waals surface area contributed by atoms with Crippen molar-refractivity contribution in [3.8, 4) is 11.8 Å². The van der Waals surface area contributed by atoms with Crippen LogP contribution in [-0.4, -0.2) is 14.8 Å². The van der Waals surface area contributed by atoms with Crippen LogP contribution in [0.3, 0.4) is 0 Å². The number of hydrogen-bond donors (Lipinski definition) is 0. The molecule has 2 aromatic rings. The molecular formula is C10H7FN4. The molecule has 0 aliphatic heterocycles. The van der Waals surface area contributed by atoms with Crippen LogP contribution in [0.25, 0.3) is 5.69 Å². The monoisotopic (exact) mass is 202 g/mol. The lowest BCUT2D eigenvalue weighted by atomic mass is 10.2. The molecule has 0 aliphatic rings. The molecule has 1 aromatic heterocycles. The van der Waals surface area contributed by atoms with Crippen LogP contribution in [0.5, 0.6) is 0 Å². The van der Waals surface area contributed by atoms with Gasteiger partial charge in [-0.05, 0) is 19.1 Å². The van der Waals surface area contributed by atoms with Gasteiger partial charge in [0.2, 0.25) is 0 Å². The lowest BCUT2D eigenvalue weighted by Crippen LogP contribution is -1.96. The summed E-state index contributed by atoms with van der Waals surface area (Å²) in [5, 5.41) is 12.6. The first-order valence-corrected chi connectivity index (χ1v) is 4.29. The minimum absolute atomic E-state index is 0.0237. The quantitative estimate of drug-likeness (QED) is 0.705. The van der Waals surface area contributed by atoms with Crippen LogP contribution in [0, 0.1) is 24.1 Å². The first-order valence-electron chi connectivity index (χ1n) is 4.29. The zero-order valence-corrected chi connectivity index (χ0v) is 7.98. The summed E-state index contributed by atoms with van der Waals surface area (Å²) in [7, 11) is 0. The summed E-state index contributed by atoms with van der Waals surface area (Å²) in [4.78, 5) is 3.93. The summed E-state index contributed by atoms with van der Waals surface area (Å²) in [6.07, 6.45) is 1.50. The largest absolute Gasteiger partial charge is 0.221 e. The van der Waals surface area contributed by atoms with Gasteiger partial charge in [0.25, 0.3) is 0 Å². The molecule has 74 valence electrons. The number of hydrogen-bond acceptors (Lipinski definition) is 3. The Morgan fingerprint density at radius 1 is 1.47 bits per heavy atom. The summed E-state index contributed by atoms with van der Waals surface area (Å²) in [6.45, 7) is 1.75. The number of nitriles is 1. The van der Waals surface area contributed by atoms with Crippen molar-refractivity contribution >= 4 is 0 Å². The van der Waals surface area contributed by atoms with E-state index >= 15 is 0 Å². The molecule has 5 heteroatoms. The van der Waals surface area contributed by atoms with Gasteiger partial charge in [-0.3, -0.25) is 0 Å². The highest BCUT2D eigenvalue weighted by molar-refractivity contribution is 5.39. The second kappa shape index (κ2) is 3.50. The van der Waals surface area contributed by atoms with Gasteiger partial charge in [0.1, 0.15) is 24.0 Å². The smallest absolute Gasteiger partial charge is 0.147 e.